The van der Waals surface area contributed by atoms with Gasteiger partial charge in [0, 0.05) is 24.1 Å². The third-order valence-corrected chi connectivity index (χ3v) is 5.22. The maximum atomic E-state index is 12.8. The number of aromatic amines is 1. The van der Waals surface area contributed by atoms with E-state index in [1.165, 1.54) is 11.3 Å². The molecule has 7 heteroatoms. The first-order valence-electron chi connectivity index (χ1n) is 8.34. The number of carbonyl (C=O) groups is 1. The lowest BCUT2D eigenvalue weighted by atomic mass is 10.2. The van der Waals surface area contributed by atoms with Crippen LogP contribution >= 0.6 is 11.3 Å². The molecule has 1 saturated heterocycles. The summed E-state index contributed by atoms with van der Waals surface area (Å²) in [5.74, 6) is 1.50. The van der Waals surface area contributed by atoms with Crippen molar-refractivity contribution in [2.24, 2.45) is 0 Å². The van der Waals surface area contributed by atoms with Gasteiger partial charge in [-0.1, -0.05) is 6.07 Å². The maximum Gasteiger partial charge on any atom is 0.264 e. The molecule has 128 valence electrons. The summed E-state index contributed by atoms with van der Waals surface area (Å²) >= 11 is 1.47. The van der Waals surface area contributed by atoms with Crippen LogP contribution in [-0.4, -0.2) is 37.3 Å². The topological polar surface area (TPSA) is 74.8 Å². The van der Waals surface area contributed by atoms with Crippen LogP contribution < -0.4 is 0 Å². The minimum atomic E-state index is -0.0793. The molecule has 0 unspecified atom stereocenters. The Hall–Kier alpha value is -2.54. The molecular formula is C18H19N5OS. The fourth-order valence-corrected chi connectivity index (χ4v) is 3.90. The molecule has 1 amide bonds. The summed E-state index contributed by atoms with van der Waals surface area (Å²) < 4.78 is 0. The number of aromatic nitrogens is 4. The molecule has 0 radical (unpaired) electrons. The molecule has 1 aliphatic rings. The summed E-state index contributed by atoms with van der Waals surface area (Å²) in [6.07, 6.45) is 3.64. The van der Waals surface area contributed by atoms with Crippen molar-refractivity contribution in [2.75, 3.05) is 6.54 Å². The van der Waals surface area contributed by atoms with E-state index in [2.05, 4.69) is 15.0 Å². The standard InChI is InChI=1S/C18H19N5OS/c1-11-9-13(16-19-10-12(2)21-16)22-17(20-11)14-5-3-7-23(14)18(24)15-6-4-8-25-15/h4,6,8-10,14H,3,5,7H2,1-2H3,(H,19,21)/t14-/m1/s1. The number of nitrogens with one attached hydrogen (secondary N) is 1. The Morgan fingerprint density at radius 1 is 1.36 bits per heavy atom. The highest BCUT2D eigenvalue weighted by Crippen LogP contribution is 2.33. The number of nitrogens with zero attached hydrogens (tertiary/aromatic N) is 4. The van der Waals surface area contributed by atoms with E-state index >= 15 is 0 Å². The molecule has 1 fully saturated rings. The van der Waals surface area contributed by atoms with Gasteiger partial charge in [0.05, 0.1) is 10.9 Å². The third kappa shape index (κ3) is 3.07. The Balaban J connectivity index is 1.68. The monoisotopic (exact) mass is 353 g/mol. The summed E-state index contributed by atoms with van der Waals surface area (Å²) in [5, 5.41) is 1.93. The van der Waals surface area contributed by atoms with Gasteiger partial charge in [-0.15, -0.1) is 11.3 Å². The molecule has 3 aromatic rings. The number of likely N-dealkylation sites (tertiary alicyclic amines) is 1. The molecule has 0 spiro atoms. The van der Waals surface area contributed by atoms with Crippen molar-refractivity contribution in [1.82, 2.24) is 24.8 Å². The number of thiophene rings is 1. The van der Waals surface area contributed by atoms with Gasteiger partial charge in [0.15, 0.2) is 11.6 Å². The summed E-state index contributed by atoms with van der Waals surface area (Å²) in [4.78, 5) is 32.4. The van der Waals surface area contributed by atoms with Crippen LogP contribution in [0.25, 0.3) is 11.5 Å². The predicted octanol–water partition coefficient (Wildman–Crippen LogP) is 3.52. The van der Waals surface area contributed by atoms with Crippen LogP contribution in [0, 0.1) is 13.8 Å². The van der Waals surface area contributed by atoms with Crippen molar-refractivity contribution in [3.8, 4) is 11.5 Å². The van der Waals surface area contributed by atoms with Crippen molar-refractivity contribution >= 4 is 17.2 Å². The highest BCUT2D eigenvalue weighted by molar-refractivity contribution is 7.12. The molecule has 1 N–H and O–H groups in total. The first-order chi connectivity index (χ1) is 12.1. The molecule has 0 bridgehead atoms. The van der Waals surface area contributed by atoms with E-state index in [4.69, 9.17) is 4.98 Å². The normalized spacial score (nSPS) is 17.2. The van der Waals surface area contributed by atoms with Crippen molar-refractivity contribution < 1.29 is 4.79 Å². The van der Waals surface area contributed by atoms with Crippen LogP contribution in [0.4, 0.5) is 0 Å². The van der Waals surface area contributed by atoms with Gasteiger partial charge in [-0.25, -0.2) is 15.0 Å². The van der Waals surface area contributed by atoms with Crippen LogP contribution in [0.5, 0.6) is 0 Å². The zero-order valence-corrected chi connectivity index (χ0v) is 15.0. The fourth-order valence-electron chi connectivity index (χ4n) is 3.22. The van der Waals surface area contributed by atoms with E-state index in [9.17, 15) is 4.79 Å². The van der Waals surface area contributed by atoms with Crippen LogP contribution in [0.1, 0.15) is 45.8 Å². The molecule has 4 heterocycles. The molecule has 0 aromatic carbocycles. The Bertz CT molecular complexity index is 902. The summed E-state index contributed by atoms with van der Waals surface area (Å²) in [6, 6.07) is 5.62. The minimum absolute atomic E-state index is 0.0676. The molecule has 25 heavy (non-hydrogen) atoms. The lowest BCUT2D eigenvalue weighted by Crippen LogP contribution is -2.31. The van der Waals surface area contributed by atoms with Crippen molar-refractivity contribution in [3.63, 3.8) is 0 Å². The largest absolute Gasteiger partial charge is 0.341 e. The summed E-state index contributed by atoms with van der Waals surface area (Å²) in [7, 11) is 0. The van der Waals surface area contributed by atoms with Crippen molar-refractivity contribution in [1.29, 1.82) is 0 Å². The van der Waals surface area contributed by atoms with E-state index < -0.39 is 0 Å². The molecule has 3 aromatic heterocycles. The minimum Gasteiger partial charge on any atom is -0.341 e. The average molecular weight is 353 g/mol. The first kappa shape index (κ1) is 16.0. The van der Waals surface area contributed by atoms with E-state index in [1.807, 2.05) is 42.3 Å². The summed E-state index contributed by atoms with van der Waals surface area (Å²) in [6.45, 7) is 4.66. The highest BCUT2D eigenvalue weighted by atomic mass is 32.1. The van der Waals surface area contributed by atoms with Gasteiger partial charge >= 0.3 is 0 Å². The second-order valence-electron chi connectivity index (χ2n) is 6.30. The van der Waals surface area contributed by atoms with Gasteiger partial charge in [0.1, 0.15) is 5.69 Å². The number of hydrogen-bond donors (Lipinski definition) is 1. The zero-order valence-electron chi connectivity index (χ0n) is 14.2. The number of H-pyrrole nitrogens is 1. The van der Waals surface area contributed by atoms with Crippen LogP contribution in [0.15, 0.2) is 29.8 Å². The molecule has 0 aliphatic carbocycles. The summed E-state index contributed by atoms with van der Waals surface area (Å²) in [5.41, 5.74) is 2.64. The Kier molecular flexibility index (Phi) is 4.09. The number of imidazole rings is 1. The smallest absolute Gasteiger partial charge is 0.264 e. The molecule has 4 rings (SSSR count). The molecule has 6 nitrogen and oxygen atoms in total. The number of rotatable bonds is 3. The number of aryl methyl sites for hydroxylation is 2. The fraction of sp³-hybridized carbons (Fsp3) is 0.333. The van der Waals surface area contributed by atoms with E-state index in [-0.39, 0.29) is 11.9 Å². The molecule has 1 atom stereocenters. The average Bonchev–Trinajstić information content (AvgIpc) is 3.34. The van der Waals surface area contributed by atoms with Gasteiger partial charge in [0.25, 0.3) is 5.91 Å². The van der Waals surface area contributed by atoms with Gasteiger partial charge in [0.2, 0.25) is 0 Å². The van der Waals surface area contributed by atoms with Crippen LogP contribution in [0.3, 0.4) is 0 Å². The number of carbonyl (C=O) groups excluding carboxylic acids is 1. The van der Waals surface area contributed by atoms with Gasteiger partial charge in [-0.05, 0) is 44.2 Å². The van der Waals surface area contributed by atoms with E-state index in [0.29, 0.717) is 5.82 Å². The predicted molar refractivity (Wildman–Crippen MR) is 96.4 cm³/mol. The van der Waals surface area contributed by atoms with Gasteiger partial charge in [-0.2, -0.15) is 0 Å². The van der Waals surface area contributed by atoms with Gasteiger partial charge in [-0.3, -0.25) is 4.79 Å². The molecule has 0 saturated carbocycles. The van der Waals surface area contributed by atoms with Crippen molar-refractivity contribution in [2.45, 2.75) is 32.7 Å². The Labute approximate surface area is 150 Å². The van der Waals surface area contributed by atoms with E-state index in [0.717, 1.165) is 47.2 Å². The quantitative estimate of drug-likeness (QED) is 0.782. The Morgan fingerprint density at radius 3 is 2.96 bits per heavy atom. The lowest BCUT2D eigenvalue weighted by molar-refractivity contribution is 0.0734. The highest BCUT2D eigenvalue weighted by Gasteiger charge is 2.33. The second-order valence-corrected chi connectivity index (χ2v) is 7.25. The van der Waals surface area contributed by atoms with Crippen LogP contribution in [0.2, 0.25) is 0 Å². The van der Waals surface area contributed by atoms with Crippen molar-refractivity contribution in [3.05, 3.63) is 51.9 Å². The van der Waals surface area contributed by atoms with Gasteiger partial charge < -0.3 is 9.88 Å². The SMILES string of the molecule is Cc1cc(-c2ncc(C)[nH]2)nc([C@H]2CCCN2C(=O)c2cccs2)n1. The maximum absolute atomic E-state index is 12.8. The third-order valence-electron chi connectivity index (χ3n) is 4.36. The molecule has 1 aliphatic heterocycles. The van der Waals surface area contributed by atoms with E-state index in [1.54, 1.807) is 6.20 Å². The molecular weight excluding hydrogens is 334 g/mol. The second kappa shape index (κ2) is 6.40. The first-order valence-corrected chi connectivity index (χ1v) is 9.22. The number of hydrogen-bond acceptors (Lipinski definition) is 5. The zero-order chi connectivity index (χ0) is 17.4. The number of amides is 1. The lowest BCUT2D eigenvalue weighted by Gasteiger charge is -2.23. The van der Waals surface area contributed by atoms with Crippen LogP contribution in [-0.2, 0) is 0 Å². The Morgan fingerprint density at radius 2 is 2.24 bits per heavy atom.